The molecule has 0 aliphatic rings. The summed E-state index contributed by atoms with van der Waals surface area (Å²) < 4.78 is 0. The van der Waals surface area contributed by atoms with Crippen LogP contribution in [0.1, 0.15) is 265 Å². The van der Waals surface area contributed by atoms with Crippen LogP contribution in [0.5, 0.6) is 0 Å². The Labute approximate surface area is 310 Å². The summed E-state index contributed by atoms with van der Waals surface area (Å²) in [5.74, 6) is 0. The van der Waals surface area contributed by atoms with Gasteiger partial charge < -0.3 is 5.73 Å². The first-order valence-electron chi connectivity index (χ1n) is 22.8. The number of hydrogen-bond donors (Lipinski definition) is 4. The first-order chi connectivity index (χ1) is 23.8. The van der Waals surface area contributed by atoms with Crippen LogP contribution >= 0.6 is 7.28 Å². The minimum Gasteiger partial charge on any atom is -0.0654 e. The summed E-state index contributed by atoms with van der Waals surface area (Å²) in [5.41, 5.74) is 5.47. The zero-order chi connectivity index (χ0) is 36.4. The van der Waals surface area contributed by atoms with Gasteiger partial charge in [-0.1, -0.05) is 117 Å². The SMILES string of the molecule is CCCCCCCCCCCCCCCCN.CCCCCCCCCCCCCCP(O)(O)(O)CCCCCCCCCCCCCC. The number of hydrogen-bond acceptors (Lipinski definition) is 4. The molecule has 0 aliphatic carbocycles. The maximum atomic E-state index is 10.3. The molecule has 0 unspecified atom stereocenters. The summed E-state index contributed by atoms with van der Waals surface area (Å²) in [7, 11) is -4.37. The van der Waals surface area contributed by atoms with Crippen molar-refractivity contribution in [1.82, 2.24) is 0 Å². The van der Waals surface area contributed by atoms with Gasteiger partial charge in [0.05, 0.1) is 0 Å². The second kappa shape index (κ2) is 41.0. The van der Waals surface area contributed by atoms with E-state index in [4.69, 9.17) is 5.73 Å². The standard InChI is InChI=1S/C28H61O3P.C16H35N/c1-3-5-7-9-11-13-15-17-19-21-23-25-27-32(29,30,31)28-26-24-22-20-18-16-14-12-10-8-6-4-2;1-2-3-4-5-6-7-8-9-10-11-12-13-14-15-16-17/h29-31H,3-28H2,1-2H3;2-17H2,1H3. The molecule has 0 aromatic carbocycles. The summed E-state index contributed by atoms with van der Waals surface area (Å²) in [6.07, 6.45) is 50.3. The van der Waals surface area contributed by atoms with E-state index in [9.17, 15) is 14.7 Å². The van der Waals surface area contributed by atoms with E-state index >= 15 is 0 Å². The van der Waals surface area contributed by atoms with Crippen molar-refractivity contribution in [2.45, 2.75) is 265 Å². The van der Waals surface area contributed by atoms with E-state index < -0.39 is 7.28 Å². The average Bonchev–Trinajstić information content (AvgIpc) is 3.08. The van der Waals surface area contributed by atoms with E-state index in [1.165, 1.54) is 205 Å². The molecular weight excluding hydrogens is 621 g/mol. The van der Waals surface area contributed by atoms with E-state index in [0.29, 0.717) is 0 Å². The Morgan fingerprint density at radius 2 is 0.429 bits per heavy atom. The van der Waals surface area contributed by atoms with Crippen molar-refractivity contribution in [3.05, 3.63) is 0 Å². The minimum absolute atomic E-state index is 0.209. The Kier molecular flexibility index (Phi) is 43.0. The van der Waals surface area contributed by atoms with Gasteiger partial charge in [-0.05, 0) is 13.0 Å². The fourth-order valence-corrected chi connectivity index (χ4v) is 8.97. The quantitative estimate of drug-likeness (QED) is 0.0375. The summed E-state index contributed by atoms with van der Waals surface area (Å²) in [5, 5.41) is 0. The molecule has 0 saturated heterocycles. The molecule has 49 heavy (non-hydrogen) atoms. The Morgan fingerprint density at radius 3 is 0.612 bits per heavy atom. The van der Waals surface area contributed by atoms with Gasteiger partial charge >= 0.3 is 176 Å². The van der Waals surface area contributed by atoms with Crippen LogP contribution in [0.4, 0.5) is 0 Å². The fourth-order valence-electron chi connectivity index (χ4n) is 7.00. The van der Waals surface area contributed by atoms with Gasteiger partial charge in [0.1, 0.15) is 0 Å². The third-order valence-electron chi connectivity index (χ3n) is 10.5. The van der Waals surface area contributed by atoms with Crippen molar-refractivity contribution in [2.75, 3.05) is 18.9 Å². The van der Waals surface area contributed by atoms with Gasteiger partial charge in [0, 0.05) is 0 Å². The summed E-state index contributed by atoms with van der Waals surface area (Å²) >= 11 is 0. The zero-order valence-corrected chi connectivity index (χ0v) is 35.3. The molecule has 4 nitrogen and oxygen atoms in total. The molecule has 0 amide bonds. The van der Waals surface area contributed by atoms with Crippen LogP contribution < -0.4 is 5.73 Å². The van der Waals surface area contributed by atoms with Gasteiger partial charge in [0.2, 0.25) is 0 Å². The molecule has 0 spiro atoms. The van der Waals surface area contributed by atoms with Gasteiger partial charge in [0.25, 0.3) is 0 Å². The Hall–Kier alpha value is 0.270. The molecule has 5 N–H and O–H groups in total. The molecule has 0 atom stereocenters. The van der Waals surface area contributed by atoms with Gasteiger partial charge in [-0.15, -0.1) is 0 Å². The van der Waals surface area contributed by atoms with E-state index in [2.05, 4.69) is 20.8 Å². The Bertz CT molecular complexity index is 548. The smallest absolute Gasteiger partial charge is 0.0654 e. The molecule has 0 aromatic rings. The molecule has 0 aliphatic heterocycles. The third kappa shape index (κ3) is 48.3. The minimum atomic E-state index is -4.37. The number of unbranched alkanes of at least 4 members (excludes halogenated alkanes) is 35. The molecule has 0 bridgehead atoms. The predicted molar refractivity (Wildman–Crippen MR) is 225 cm³/mol. The van der Waals surface area contributed by atoms with Crippen molar-refractivity contribution < 1.29 is 14.7 Å². The van der Waals surface area contributed by atoms with Gasteiger partial charge in [-0.25, -0.2) is 0 Å². The third-order valence-corrected chi connectivity index (χ3v) is 13.0. The fraction of sp³-hybridized carbons (Fsp3) is 1.00. The summed E-state index contributed by atoms with van der Waals surface area (Å²) in [4.78, 5) is 31.0. The van der Waals surface area contributed by atoms with Crippen LogP contribution in [0.3, 0.4) is 0 Å². The Balaban J connectivity index is 0. The summed E-state index contributed by atoms with van der Waals surface area (Å²) in [6.45, 7) is 7.68. The molecule has 0 radical (unpaired) electrons. The summed E-state index contributed by atoms with van der Waals surface area (Å²) in [6, 6.07) is 0. The number of rotatable bonds is 40. The molecular formula is C44H96NO3P. The van der Waals surface area contributed by atoms with Gasteiger partial charge in [0.15, 0.2) is 0 Å². The van der Waals surface area contributed by atoms with E-state index in [0.717, 1.165) is 45.1 Å². The molecule has 0 saturated carbocycles. The van der Waals surface area contributed by atoms with Crippen LogP contribution in [0, 0.1) is 0 Å². The van der Waals surface area contributed by atoms with Gasteiger partial charge in [-0.3, -0.25) is 0 Å². The normalized spacial score (nSPS) is 12.5. The second-order valence-corrected chi connectivity index (χ2v) is 19.5. The first-order valence-corrected chi connectivity index (χ1v) is 25.2. The molecule has 300 valence electrons. The molecule has 0 heterocycles. The molecule has 0 rings (SSSR count). The zero-order valence-electron chi connectivity index (χ0n) is 34.4. The van der Waals surface area contributed by atoms with Crippen LogP contribution in [-0.4, -0.2) is 33.5 Å². The van der Waals surface area contributed by atoms with E-state index in [1.54, 1.807) is 0 Å². The van der Waals surface area contributed by atoms with Crippen LogP contribution in [0.2, 0.25) is 0 Å². The predicted octanol–water partition coefficient (Wildman–Crippen LogP) is 15.1. The average molecular weight is 718 g/mol. The Morgan fingerprint density at radius 1 is 0.265 bits per heavy atom. The van der Waals surface area contributed by atoms with Crippen LogP contribution in [0.15, 0.2) is 0 Å². The van der Waals surface area contributed by atoms with Crippen molar-refractivity contribution in [1.29, 1.82) is 0 Å². The number of nitrogens with two attached hydrogens (primary N) is 1. The molecule has 0 fully saturated rings. The van der Waals surface area contributed by atoms with Crippen molar-refractivity contribution in [2.24, 2.45) is 5.73 Å². The topological polar surface area (TPSA) is 86.7 Å². The van der Waals surface area contributed by atoms with Crippen molar-refractivity contribution in [3.8, 4) is 0 Å². The van der Waals surface area contributed by atoms with Gasteiger partial charge in [-0.2, -0.15) is 0 Å². The van der Waals surface area contributed by atoms with Crippen molar-refractivity contribution in [3.63, 3.8) is 0 Å². The van der Waals surface area contributed by atoms with Crippen LogP contribution in [0.25, 0.3) is 0 Å². The van der Waals surface area contributed by atoms with E-state index in [1.807, 2.05) is 0 Å². The second-order valence-electron chi connectivity index (χ2n) is 16.0. The van der Waals surface area contributed by atoms with Crippen LogP contribution in [-0.2, 0) is 0 Å². The molecule has 0 aromatic heterocycles. The first kappa shape index (κ1) is 51.4. The van der Waals surface area contributed by atoms with Crippen molar-refractivity contribution >= 4 is 7.28 Å². The monoisotopic (exact) mass is 718 g/mol. The van der Waals surface area contributed by atoms with E-state index in [-0.39, 0.29) is 12.3 Å². The maximum absolute atomic E-state index is 10.3. The molecule has 5 heteroatoms.